The molecule has 0 spiro atoms. The fraction of sp³-hybridized carbons (Fsp3) is 0.467. The van der Waals surface area contributed by atoms with Gasteiger partial charge in [0.25, 0.3) is 0 Å². The second-order valence-corrected chi connectivity index (χ2v) is 5.59. The molecular weight excluding hydrogens is 256 g/mol. The highest BCUT2D eigenvalue weighted by atomic mass is 16.6. The van der Waals surface area contributed by atoms with E-state index in [0.29, 0.717) is 5.92 Å². The molecular formula is C15H20N2O3. The van der Waals surface area contributed by atoms with Crippen molar-refractivity contribution in [3.05, 3.63) is 40.0 Å². The molecule has 5 nitrogen and oxygen atoms in total. The monoisotopic (exact) mass is 276 g/mol. The van der Waals surface area contributed by atoms with E-state index in [9.17, 15) is 15.2 Å². The van der Waals surface area contributed by atoms with Crippen LogP contribution in [0.4, 0.5) is 5.69 Å². The summed E-state index contributed by atoms with van der Waals surface area (Å²) in [5.41, 5.74) is 1.78. The van der Waals surface area contributed by atoms with Crippen LogP contribution in [-0.4, -0.2) is 34.6 Å². The Labute approximate surface area is 118 Å². The van der Waals surface area contributed by atoms with Gasteiger partial charge in [0.05, 0.1) is 4.92 Å². The number of hydrogen-bond acceptors (Lipinski definition) is 4. The minimum absolute atomic E-state index is 0.244. The van der Waals surface area contributed by atoms with Gasteiger partial charge in [-0.05, 0) is 35.6 Å². The second kappa shape index (κ2) is 6.05. The first-order chi connectivity index (χ1) is 9.47. The summed E-state index contributed by atoms with van der Waals surface area (Å²) >= 11 is 0. The zero-order chi connectivity index (χ0) is 14.7. The summed E-state index contributed by atoms with van der Waals surface area (Å²) in [6.45, 7) is 7.36. The quantitative estimate of drug-likeness (QED) is 0.678. The van der Waals surface area contributed by atoms with Crippen molar-refractivity contribution in [1.29, 1.82) is 0 Å². The molecule has 0 atom stereocenters. The van der Waals surface area contributed by atoms with Crippen LogP contribution < -0.4 is 0 Å². The van der Waals surface area contributed by atoms with Crippen LogP contribution in [-0.2, 0) is 0 Å². The van der Waals surface area contributed by atoms with Crippen LogP contribution in [0.15, 0.2) is 24.3 Å². The minimum atomic E-state index is -0.571. The van der Waals surface area contributed by atoms with Gasteiger partial charge < -0.3 is 5.11 Å². The SMILES string of the molecule is CC(C)CN1CC=C(c2ccc([N+](=O)[O-])c(O)c2)CC1. The number of aromatic hydroxyl groups is 1. The van der Waals surface area contributed by atoms with E-state index in [1.54, 1.807) is 6.07 Å². The topological polar surface area (TPSA) is 66.6 Å². The number of phenolic OH excluding ortho intramolecular Hbond substituents is 1. The summed E-state index contributed by atoms with van der Waals surface area (Å²) in [5, 5.41) is 20.4. The first-order valence-corrected chi connectivity index (χ1v) is 6.86. The van der Waals surface area contributed by atoms with Gasteiger partial charge in [0.1, 0.15) is 0 Å². The Balaban J connectivity index is 2.12. The summed E-state index contributed by atoms with van der Waals surface area (Å²) in [6.07, 6.45) is 3.05. The fourth-order valence-corrected chi connectivity index (χ4v) is 2.53. The summed E-state index contributed by atoms with van der Waals surface area (Å²) in [6, 6.07) is 4.57. The molecule has 1 aromatic rings. The molecule has 0 aromatic heterocycles. The predicted molar refractivity (Wildman–Crippen MR) is 78.6 cm³/mol. The van der Waals surface area contributed by atoms with Crippen molar-refractivity contribution in [2.75, 3.05) is 19.6 Å². The molecule has 0 bridgehead atoms. The van der Waals surface area contributed by atoms with Crippen LogP contribution in [0.1, 0.15) is 25.8 Å². The Morgan fingerprint density at radius 2 is 2.20 bits per heavy atom. The molecule has 1 aliphatic heterocycles. The third-order valence-electron chi connectivity index (χ3n) is 3.46. The maximum atomic E-state index is 10.7. The maximum Gasteiger partial charge on any atom is 0.310 e. The smallest absolute Gasteiger partial charge is 0.310 e. The van der Waals surface area contributed by atoms with Gasteiger partial charge in [-0.25, -0.2) is 0 Å². The Kier molecular flexibility index (Phi) is 4.39. The maximum absolute atomic E-state index is 10.7. The molecule has 1 heterocycles. The lowest BCUT2D eigenvalue weighted by Crippen LogP contribution is -2.31. The van der Waals surface area contributed by atoms with E-state index in [4.69, 9.17) is 0 Å². The number of nitrogens with zero attached hydrogens (tertiary/aromatic N) is 2. The first-order valence-electron chi connectivity index (χ1n) is 6.86. The molecule has 1 N–H and O–H groups in total. The standard InChI is InChI=1S/C15H20N2O3/c1-11(2)10-16-7-5-12(6-8-16)13-3-4-14(17(19)20)15(18)9-13/h3-5,9,11,18H,6-8,10H2,1-2H3. The lowest BCUT2D eigenvalue weighted by atomic mass is 9.98. The predicted octanol–water partition coefficient (Wildman–Crippen LogP) is 3.05. The number of phenols is 1. The van der Waals surface area contributed by atoms with E-state index >= 15 is 0 Å². The highest BCUT2D eigenvalue weighted by molar-refractivity contribution is 5.69. The molecule has 5 heteroatoms. The zero-order valence-corrected chi connectivity index (χ0v) is 11.9. The van der Waals surface area contributed by atoms with Crippen LogP contribution in [0.2, 0.25) is 0 Å². The molecule has 0 radical (unpaired) electrons. The van der Waals surface area contributed by atoms with Crippen molar-refractivity contribution in [1.82, 2.24) is 4.90 Å². The molecule has 2 rings (SSSR count). The summed E-state index contributed by atoms with van der Waals surface area (Å²) in [4.78, 5) is 12.5. The van der Waals surface area contributed by atoms with Crippen molar-refractivity contribution >= 4 is 11.3 Å². The number of rotatable bonds is 4. The van der Waals surface area contributed by atoms with E-state index in [0.717, 1.165) is 37.2 Å². The molecule has 0 aliphatic carbocycles. The van der Waals surface area contributed by atoms with Crippen molar-refractivity contribution < 1.29 is 10.0 Å². The van der Waals surface area contributed by atoms with Crippen molar-refractivity contribution in [2.24, 2.45) is 5.92 Å². The van der Waals surface area contributed by atoms with E-state index < -0.39 is 4.92 Å². The van der Waals surface area contributed by atoms with Gasteiger partial charge in [-0.1, -0.05) is 19.9 Å². The van der Waals surface area contributed by atoms with Gasteiger partial charge in [0.15, 0.2) is 5.75 Å². The third kappa shape index (κ3) is 3.36. The third-order valence-corrected chi connectivity index (χ3v) is 3.46. The number of benzene rings is 1. The van der Waals surface area contributed by atoms with Gasteiger partial charge in [-0.3, -0.25) is 15.0 Å². The zero-order valence-electron chi connectivity index (χ0n) is 11.9. The van der Waals surface area contributed by atoms with E-state index in [-0.39, 0.29) is 11.4 Å². The minimum Gasteiger partial charge on any atom is -0.502 e. The Hall–Kier alpha value is -1.88. The lowest BCUT2D eigenvalue weighted by molar-refractivity contribution is -0.385. The number of nitro benzene ring substituents is 1. The van der Waals surface area contributed by atoms with Crippen LogP contribution in [0.25, 0.3) is 5.57 Å². The molecule has 20 heavy (non-hydrogen) atoms. The van der Waals surface area contributed by atoms with Crippen LogP contribution in [0.5, 0.6) is 5.75 Å². The van der Waals surface area contributed by atoms with Gasteiger partial charge in [-0.15, -0.1) is 0 Å². The average molecular weight is 276 g/mol. The lowest BCUT2D eigenvalue weighted by Gasteiger charge is -2.27. The number of nitro groups is 1. The van der Waals surface area contributed by atoms with E-state index in [1.165, 1.54) is 12.1 Å². The van der Waals surface area contributed by atoms with Crippen molar-refractivity contribution in [2.45, 2.75) is 20.3 Å². The highest BCUT2D eigenvalue weighted by Gasteiger charge is 2.17. The van der Waals surface area contributed by atoms with Gasteiger partial charge in [0.2, 0.25) is 0 Å². The van der Waals surface area contributed by atoms with E-state index in [2.05, 4.69) is 24.8 Å². The largest absolute Gasteiger partial charge is 0.502 e. The van der Waals surface area contributed by atoms with E-state index in [1.807, 2.05) is 0 Å². The Bertz CT molecular complexity index is 538. The molecule has 0 unspecified atom stereocenters. The molecule has 1 aliphatic rings. The van der Waals surface area contributed by atoms with Gasteiger partial charge in [-0.2, -0.15) is 0 Å². The van der Waals surface area contributed by atoms with Crippen LogP contribution in [0, 0.1) is 16.0 Å². The van der Waals surface area contributed by atoms with Crippen LogP contribution >= 0.6 is 0 Å². The molecule has 0 amide bonds. The number of hydrogen-bond donors (Lipinski definition) is 1. The van der Waals surface area contributed by atoms with Gasteiger partial charge in [0, 0.05) is 25.7 Å². The second-order valence-electron chi connectivity index (χ2n) is 5.59. The molecule has 108 valence electrons. The fourth-order valence-electron chi connectivity index (χ4n) is 2.53. The molecule has 0 saturated heterocycles. The highest BCUT2D eigenvalue weighted by Crippen LogP contribution is 2.31. The molecule has 0 fully saturated rings. The van der Waals surface area contributed by atoms with Crippen molar-refractivity contribution in [3.8, 4) is 5.75 Å². The summed E-state index contributed by atoms with van der Waals surface area (Å²) < 4.78 is 0. The average Bonchev–Trinajstić information content (AvgIpc) is 2.38. The van der Waals surface area contributed by atoms with Gasteiger partial charge >= 0.3 is 5.69 Å². The Morgan fingerprint density at radius 1 is 1.45 bits per heavy atom. The molecule has 0 saturated carbocycles. The molecule has 1 aromatic carbocycles. The summed E-state index contributed by atoms with van der Waals surface area (Å²) in [5.74, 6) is 0.381. The summed E-state index contributed by atoms with van der Waals surface area (Å²) in [7, 11) is 0. The van der Waals surface area contributed by atoms with Crippen LogP contribution in [0.3, 0.4) is 0 Å². The first kappa shape index (κ1) is 14.5. The normalized spacial score (nSPS) is 16.2. The van der Waals surface area contributed by atoms with Crippen molar-refractivity contribution in [3.63, 3.8) is 0 Å². The Morgan fingerprint density at radius 3 is 2.70 bits per heavy atom.